The number of fused-ring (bicyclic) bond motifs is 3. The van der Waals surface area contributed by atoms with Crippen LogP contribution in [0.25, 0.3) is 0 Å². The monoisotopic (exact) mass is 380 g/mol. The summed E-state index contributed by atoms with van der Waals surface area (Å²) in [6, 6.07) is 14.1. The molecule has 2 N–H and O–H groups in total. The molecule has 3 unspecified atom stereocenters. The largest absolute Gasteiger partial charge is 0.378 e. The average molecular weight is 381 g/mol. The molecule has 27 heavy (non-hydrogen) atoms. The predicted molar refractivity (Wildman–Crippen MR) is 109 cm³/mol. The Kier molecular flexibility index (Phi) is 4.66. The van der Waals surface area contributed by atoms with Crippen molar-refractivity contribution >= 4 is 15.7 Å². The van der Waals surface area contributed by atoms with Gasteiger partial charge in [-0.1, -0.05) is 42.5 Å². The summed E-state index contributed by atoms with van der Waals surface area (Å²) in [4.78, 5) is 0.304. The first-order chi connectivity index (χ1) is 13.0. The van der Waals surface area contributed by atoms with Gasteiger partial charge >= 0.3 is 0 Å². The fourth-order valence-electron chi connectivity index (χ4n) is 4.24. The van der Waals surface area contributed by atoms with Crippen LogP contribution in [-0.2, 0) is 10.0 Å². The fourth-order valence-corrected chi connectivity index (χ4v) is 5.27. The first-order valence-corrected chi connectivity index (χ1v) is 10.7. The van der Waals surface area contributed by atoms with Crippen molar-refractivity contribution in [2.45, 2.75) is 30.2 Å². The maximum absolute atomic E-state index is 12.5. The van der Waals surface area contributed by atoms with Crippen LogP contribution in [0.4, 0.5) is 5.69 Å². The highest BCUT2D eigenvalue weighted by Gasteiger charge is 2.38. The Bertz CT molecular complexity index is 1010. The van der Waals surface area contributed by atoms with Crippen molar-refractivity contribution in [2.24, 2.45) is 5.92 Å². The van der Waals surface area contributed by atoms with Crippen molar-refractivity contribution in [1.82, 2.24) is 4.72 Å². The van der Waals surface area contributed by atoms with Gasteiger partial charge in [-0.3, -0.25) is 0 Å². The van der Waals surface area contributed by atoms with E-state index in [1.807, 2.05) is 12.1 Å². The molecule has 1 aliphatic carbocycles. The molecule has 0 radical (unpaired) electrons. The van der Waals surface area contributed by atoms with Gasteiger partial charge in [-0.25, -0.2) is 13.1 Å². The van der Waals surface area contributed by atoms with E-state index in [1.165, 1.54) is 11.1 Å². The lowest BCUT2D eigenvalue weighted by molar-refractivity contribution is 0.424. The van der Waals surface area contributed by atoms with Gasteiger partial charge in [0.05, 0.1) is 10.9 Å². The van der Waals surface area contributed by atoms with Gasteiger partial charge in [-0.15, -0.1) is 6.58 Å². The molecule has 140 valence electrons. The summed E-state index contributed by atoms with van der Waals surface area (Å²) in [5.74, 6) is 0.609. The minimum Gasteiger partial charge on any atom is -0.378 e. The van der Waals surface area contributed by atoms with E-state index >= 15 is 0 Å². The zero-order chi connectivity index (χ0) is 19.0. The van der Waals surface area contributed by atoms with Crippen molar-refractivity contribution in [3.05, 3.63) is 84.0 Å². The van der Waals surface area contributed by atoms with Crippen LogP contribution in [-0.4, -0.2) is 15.0 Å². The Morgan fingerprint density at radius 1 is 1.22 bits per heavy atom. The molecule has 0 saturated carbocycles. The Hall–Kier alpha value is -2.37. The molecule has 0 spiro atoms. The third-order valence-electron chi connectivity index (χ3n) is 5.59. The van der Waals surface area contributed by atoms with Crippen LogP contribution in [0.15, 0.2) is 72.2 Å². The second-order valence-corrected chi connectivity index (χ2v) is 8.99. The number of allylic oxidation sites excluding steroid dienone is 2. The number of anilines is 1. The van der Waals surface area contributed by atoms with Crippen LogP contribution in [0.5, 0.6) is 0 Å². The highest BCUT2D eigenvalue weighted by Crippen LogP contribution is 2.50. The fraction of sp³-hybridized carbons (Fsp3) is 0.273. The molecule has 5 heteroatoms. The molecule has 0 bridgehead atoms. The second-order valence-electron chi connectivity index (χ2n) is 7.22. The number of hydrogen-bond acceptors (Lipinski definition) is 3. The topological polar surface area (TPSA) is 58.2 Å². The highest BCUT2D eigenvalue weighted by molar-refractivity contribution is 7.89. The van der Waals surface area contributed by atoms with E-state index in [4.69, 9.17) is 0 Å². The Morgan fingerprint density at radius 3 is 2.81 bits per heavy atom. The van der Waals surface area contributed by atoms with E-state index in [0.29, 0.717) is 10.8 Å². The van der Waals surface area contributed by atoms with E-state index in [1.54, 1.807) is 12.1 Å². The first kappa shape index (κ1) is 18.0. The standard InChI is InChI=1S/C22H24N2O2S/c1-3-13-23-27(25,26)16-11-12-21-20(14-16)18-9-6-10-19(18)22(24-21)17-8-5-4-7-15(17)2/h3-9,11-12,14,18-19,22-24H,1,10,13H2,2H3. The minimum atomic E-state index is -3.53. The van der Waals surface area contributed by atoms with Crippen LogP contribution in [0.1, 0.15) is 35.1 Å². The Morgan fingerprint density at radius 2 is 2.04 bits per heavy atom. The Labute approximate surface area is 161 Å². The third-order valence-corrected chi connectivity index (χ3v) is 7.01. The molecule has 1 aliphatic heterocycles. The molecule has 0 aromatic heterocycles. The molecular formula is C22H24N2O2S. The lowest BCUT2D eigenvalue weighted by atomic mass is 9.76. The van der Waals surface area contributed by atoms with Crippen molar-refractivity contribution in [3.8, 4) is 0 Å². The summed E-state index contributed by atoms with van der Waals surface area (Å²) in [5.41, 5.74) is 4.65. The van der Waals surface area contributed by atoms with Crippen molar-refractivity contribution < 1.29 is 8.42 Å². The summed E-state index contributed by atoms with van der Waals surface area (Å²) in [6.07, 6.45) is 6.97. The van der Waals surface area contributed by atoms with Gasteiger partial charge in [0.2, 0.25) is 10.0 Å². The van der Waals surface area contributed by atoms with Crippen LogP contribution < -0.4 is 10.0 Å². The minimum absolute atomic E-state index is 0.221. The lowest BCUT2D eigenvalue weighted by Gasteiger charge is -2.38. The maximum atomic E-state index is 12.5. The summed E-state index contributed by atoms with van der Waals surface area (Å²) in [5, 5.41) is 3.68. The highest BCUT2D eigenvalue weighted by atomic mass is 32.2. The van der Waals surface area contributed by atoms with E-state index in [0.717, 1.165) is 17.7 Å². The molecule has 0 saturated heterocycles. The summed E-state index contributed by atoms with van der Waals surface area (Å²) >= 11 is 0. The molecule has 2 aromatic rings. The normalized spacial score (nSPS) is 23.4. The van der Waals surface area contributed by atoms with Crippen molar-refractivity contribution in [1.29, 1.82) is 0 Å². The molecule has 2 aromatic carbocycles. The molecular weight excluding hydrogens is 356 g/mol. The molecule has 1 heterocycles. The van der Waals surface area contributed by atoms with Gasteiger partial charge < -0.3 is 5.32 Å². The van der Waals surface area contributed by atoms with Gasteiger partial charge in [0.1, 0.15) is 0 Å². The van der Waals surface area contributed by atoms with Gasteiger partial charge in [0.25, 0.3) is 0 Å². The number of nitrogens with one attached hydrogen (secondary N) is 2. The van der Waals surface area contributed by atoms with E-state index in [9.17, 15) is 8.42 Å². The van der Waals surface area contributed by atoms with Gasteiger partial charge in [-0.05, 0) is 54.2 Å². The zero-order valence-electron chi connectivity index (χ0n) is 15.4. The Balaban J connectivity index is 1.74. The smallest absolute Gasteiger partial charge is 0.240 e. The molecule has 3 atom stereocenters. The van der Waals surface area contributed by atoms with Gasteiger partial charge in [0.15, 0.2) is 0 Å². The predicted octanol–water partition coefficient (Wildman–Crippen LogP) is 4.29. The quantitative estimate of drug-likeness (QED) is 0.761. The SMILES string of the molecule is C=CCNS(=O)(=O)c1ccc2c(c1)C1C=CCC1C(c1ccccc1C)N2. The molecule has 0 amide bonds. The number of sulfonamides is 1. The number of benzene rings is 2. The van der Waals surface area contributed by atoms with E-state index < -0.39 is 10.0 Å². The van der Waals surface area contributed by atoms with Crippen molar-refractivity contribution in [3.63, 3.8) is 0 Å². The van der Waals surface area contributed by atoms with Crippen LogP contribution in [0, 0.1) is 12.8 Å². The van der Waals surface area contributed by atoms with Crippen LogP contribution >= 0.6 is 0 Å². The van der Waals surface area contributed by atoms with Crippen LogP contribution in [0.2, 0.25) is 0 Å². The number of hydrogen-bond donors (Lipinski definition) is 2. The zero-order valence-corrected chi connectivity index (χ0v) is 16.2. The van der Waals surface area contributed by atoms with E-state index in [2.05, 4.69) is 60.0 Å². The second kappa shape index (κ2) is 6.98. The molecule has 0 fully saturated rings. The average Bonchev–Trinajstić information content (AvgIpc) is 3.16. The van der Waals surface area contributed by atoms with Gasteiger partial charge in [-0.2, -0.15) is 0 Å². The summed E-state index contributed by atoms with van der Waals surface area (Å²) in [6.45, 7) is 5.93. The first-order valence-electron chi connectivity index (χ1n) is 9.24. The van der Waals surface area contributed by atoms with E-state index in [-0.39, 0.29) is 18.5 Å². The van der Waals surface area contributed by atoms with Gasteiger partial charge in [0, 0.05) is 18.2 Å². The number of aryl methyl sites for hydroxylation is 1. The summed E-state index contributed by atoms with van der Waals surface area (Å²) < 4.78 is 27.6. The molecule has 4 nitrogen and oxygen atoms in total. The third kappa shape index (κ3) is 3.22. The molecule has 4 rings (SSSR count). The molecule has 2 aliphatic rings. The lowest BCUT2D eigenvalue weighted by Crippen LogP contribution is -2.30. The van der Waals surface area contributed by atoms with Crippen molar-refractivity contribution in [2.75, 3.05) is 11.9 Å². The summed E-state index contributed by atoms with van der Waals surface area (Å²) in [7, 11) is -3.53. The van der Waals surface area contributed by atoms with Crippen LogP contribution in [0.3, 0.4) is 0 Å². The maximum Gasteiger partial charge on any atom is 0.240 e. The number of rotatable bonds is 5.